The van der Waals surface area contributed by atoms with E-state index in [9.17, 15) is 0 Å². The molecular formula is C5H28O6-2. The molecule has 0 aromatic rings. The Kier molecular flexibility index (Phi) is 2100000. The minimum absolute atomic E-state index is 0. The van der Waals surface area contributed by atoms with Crippen LogP contribution in [0.15, 0.2) is 0 Å². The van der Waals surface area contributed by atoms with Crippen LogP contribution in [-0.4, -0.2) is 32.4 Å². The molecule has 0 aromatic heterocycles. The summed E-state index contributed by atoms with van der Waals surface area (Å²) in [6, 6.07) is 0. The van der Waals surface area contributed by atoms with Crippen LogP contribution in [0.1, 0.15) is 37.1 Å². The highest BCUT2D eigenvalue weighted by molar-refractivity contribution is 2.51. The van der Waals surface area contributed by atoms with Crippen molar-refractivity contribution in [2.75, 3.05) is 0 Å². The summed E-state index contributed by atoms with van der Waals surface area (Å²) in [5, 5.41) is 12.0. The van der Waals surface area contributed by atoms with Gasteiger partial charge in [-0.3, -0.25) is 10.5 Å². The second-order valence-corrected chi connectivity index (χ2v) is 0. The molecule has 0 radical (unpaired) electrons. The monoisotopic (exact) mass is 184 g/mol. The Hall–Kier alpha value is -0.240. The summed E-state index contributed by atoms with van der Waals surface area (Å²) in [5.41, 5.74) is 0. The maximum absolute atomic E-state index is 6.00. The smallest absolute Gasteiger partial charge is 0.0776 e. The fraction of sp³-hybridized carbons (Fsp3) is 1.00. The number of hydrogen-bond acceptors (Lipinski definition) is 4. The van der Waals surface area contributed by atoms with Crippen molar-refractivity contribution in [3.63, 3.8) is 0 Å². The van der Waals surface area contributed by atoms with E-state index >= 15 is 0 Å². The molecule has 0 heterocycles. The van der Waals surface area contributed by atoms with Crippen LogP contribution in [0, 0.1) is 0 Å². The first-order valence-electron chi connectivity index (χ1n) is 0.200. The summed E-state index contributed by atoms with van der Waals surface area (Å²) >= 11 is 0. The third-order valence-electron chi connectivity index (χ3n) is 0. The van der Waals surface area contributed by atoms with Crippen LogP contribution in [-0.2, 0) is 0 Å². The molecule has 0 aliphatic carbocycles. The van der Waals surface area contributed by atoms with E-state index in [0.29, 0.717) is 0 Å². The van der Waals surface area contributed by atoms with Gasteiger partial charge in [-0.1, -0.05) is 37.1 Å². The van der Waals surface area contributed by atoms with Gasteiger partial charge in [0.2, 0.25) is 0 Å². The van der Waals surface area contributed by atoms with Crippen molar-refractivity contribution in [2.24, 2.45) is 0 Å². The minimum Gasteiger partial charge on any atom is -0.870 e. The van der Waals surface area contributed by atoms with Gasteiger partial charge in [-0.25, -0.2) is 0 Å². The zero-order chi connectivity index (χ0) is 2.00. The van der Waals surface area contributed by atoms with Crippen molar-refractivity contribution >= 4 is 0 Å². The van der Waals surface area contributed by atoms with E-state index in [1.165, 1.54) is 0 Å². The molecule has 6 nitrogen and oxygen atoms in total. The Bertz CT molecular complexity index is 10.9. The fourth-order valence-corrected chi connectivity index (χ4v) is 0. The van der Waals surface area contributed by atoms with E-state index < -0.39 is 0 Å². The lowest BCUT2D eigenvalue weighted by molar-refractivity contribution is -0.176. The molecule has 0 unspecified atom stereocenters. The van der Waals surface area contributed by atoms with E-state index in [0.717, 1.165) is 0 Å². The Morgan fingerprint density at radius 3 is 0.455 bits per heavy atom. The Morgan fingerprint density at radius 2 is 0.455 bits per heavy atom. The van der Waals surface area contributed by atoms with Crippen molar-refractivity contribution in [3.8, 4) is 0 Å². The quantitative estimate of drug-likeness (QED) is 0.426. The van der Waals surface area contributed by atoms with E-state index in [1.54, 1.807) is 0 Å². The molecule has 0 bridgehead atoms. The lowest BCUT2D eigenvalue weighted by Crippen LogP contribution is -1.29. The third kappa shape index (κ3) is 10200. The highest BCUT2D eigenvalue weighted by Gasteiger charge is 0.745. The Balaban J connectivity index is -0.000000000139. The maximum atomic E-state index is 6.00. The molecule has 0 aliphatic rings. The van der Waals surface area contributed by atoms with Gasteiger partial charge in [0.05, 0.1) is 0 Å². The van der Waals surface area contributed by atoms with Gasteiger partial charge < -0.3 is 21.9 Å². The fourth-order valence-electron chi connectivity index (χ4n) is 0. The molecule has 0 rings (SSSR count). The summed E-state index contributed by atoms with van der Waals surface area (Å²) < 4.78 is 0. The molecule has 8 N–H and O–H groups in total. The summed E-state index contributed by atoms with van der Waals surface area (Å²) in [5.74, 6) is 0. The van der Waals surface area contributed by atoms with Gasteiger partial charge >= 0.3 is 0 Å². The maximum Gasteiger partial charge on any atom is -0.0776 e. The van der Waals surface area contributed by atoms with Crippen molar-refractivity contribution in [1.29, 1.82) is 0 Å². The minimum atomic E-state index is 0. The molecular weight excluding hydrogens is 156 g/mol. The normalized spacial score (nSPS) is 0.545. The summed E-state index contributed by atoms with van der Waals surface area (Å²) in [6.45, 7) is 0. The zero-order valence-corrected chi connectivity index (χ0v) is 2.79. The zero-order valence-electron chi connectivity index (χ0n) is 2.79. The predicted molar refractivity (Wildman–Crippen MR) is 50.0 cm³/mol. The van der Waals surface area contributed by atoms with E-state index in [1.807, 2.05) is 0 Å². The SMILES string of the molecule is C.C.C.C.C.O.O.OO.[OH-].[OH-]. The van der Waals surface area contributed by atoms with Crippen LogP contribution in [0.3, 0.4) is 0 Å². The van der Waals surface area contributed by atoms with Crippen molar-refractivity contribution < 1.29 is 32.4 Å². The predicted octanol–water partition coefficient (Wildman–Crippen LogP) is 1.19. The van der Waals surface area contributed by atoms with Gasteiger partial charge in [0.25, 0.3) is 0 Å². The lowest BCUT2D eigenvalue weighted by atomic mass is 12.0. The molecule has 6 heteroatoms. The first kappa shape index (κ1) is 1770. The van der Waals surface area contributed by atoms with Crippen LogP contribution in [0.25, 0.3) is 0 Å². The van der Waals surface area contributed by atoms with Crippen molar-refractivity contribution in [1.82, 2.24) is 0 Å². The Labute approximate surface area is 70.7 Å². The topological polar surface area (TPSA) is 163 Å². The molecule has 0 spiro atoms. The van der Waals surface area contributed by atoms with Crippen LogP contribution in [0.4, 0.5) is 0 Å². The highest BCUT2D eigenvalue weighted by Crippen LogP contribution is 0.711. The number of rotatable bonds is 0. The Morgan fingerprint density at radius 1 is 0.455 bits per heavy atom. The molecule has 11 heavy (non-hydrogen) atoms. The van der Waals surface area contributed by atoms with E-state index in [4.69, 9.17) is 10.5 Å². The third-order valence-corrected chi connectivity index (χ3v) is 0. The van der Waals surface area contributed by atoms with Crippen LogP contribution in [0.5, 0.6) is 0 Å². The van der Waals surface area contributed by atoms with Crippen molar-refractivity contribution in [2.45, 2.75) is 37.1 Å². The van der Waals surface area contributed by atoms with Gasteiger partial charge in [-0.15, -0.1) is 0 Å². The lowest BCUT2D eigenvalue weighted by Gasteiger charge is -1.25. The molecule has 0 saturated carbocycles. The second kappa shape index (κ2) is 13000. The molecule has 0 aromatic carbocycles. The van der Waals surface area contributed by atoms with Crippen LogP contribution >= 0.6 is 0 Å². The average Bonchev–Trinajstić information content (AvgIpc) is 1.00. The largest absolute Gasteiger partial charge is 0.870 e. The molecule has 0 saturated heterocycles. The first-order valence-corrected chi connectivity index (χ1v) is 0.200. The molecule has 0 atom stereocenters. The highest BCUT2D eigenvalue weighted by atomic mass is 17.0. The van der Waals surface area contributed by atoms with Gasteiger partial charge in [0, 0.05) is 0 Å². The summed E-state index contributed by atoms with van der Waals surface area (Å²) in [4.78, 5) is 0. The second-order valence-electron chi connectivity index (χ2n) is 0. The van der Waals surface area contributed by atoms with Crippen LogP contribution < -0.4 is 0 Å². The van der Waals surface area contributed by atoms with Gasteiger partial charge in [0.1, 0.15) is 0 Å². The van der Waals surface area contributed by atoms with E-state index in [2.05, 4.69) is 0 Å². The molecule has 0 amide bonds. The summed E-state index contributed by atoms with van der Waals surface area (Å²) in [7, 11) is 0. The molecule has 86 valence electrons. The molecule has 0 aliphatic heterocycles. The number of hydrogen-bond donors (Lipinski definition) is 2. The van der Waals surface area contributed by atoms with E-state index in [-0.39, 0.29) is 59.0 Å². The van der Waals surface area contributed by atoms with Gasteiger partial charge in [0.15, 0.2) is 0 Å². The summed E-state index contributed by atoms with van der Waals surface area (Å²) in [6.07, 6.45) is 0. The van der Waals surface area contributed by atoms with Gasteiger partial charge in [-0.05, 0) is 0 Å². The molecule has 0 fully saturated rings. The standard InChI is InChI=1S/5CH4.H2O2.4H2O/c;;;;;1-2;;;;/h5*1H4;1-2H;4*1H2/p-2. The average molecular weight is 184 g/mol. The van der Waals surface area contributed by atoms with Crippen molar-refractivity contribution in [3.05, 3.63) is 0 Å². The van der Waals surface area contributed by atoms with Crippen LogP contribution in [0.2, 0.25) is 0 Å². The first-order chi connectivity index (χ1) is 1.00. The van der Waals surface area contributed by atoms with Gasteiger partial charge in [-0.2, -0.15) is 0 Å².